The van der Waals surface area contributed by atoms with Gasteiger partial charge in [0.05, 0.1) is 5.69 Å². The molecular formula is C29H42N2O4S. The molecule has 0 aromatic carbocycles. The Morgan fingerprint density at radius 1 is 1.00 bits per heavy atom. The van der Waals surface area contributed by atoms with Crippen LogP contribution in [0.5, 0.6) is 0 Å². The van der Waals surface area contributed by atoms with Crippen molar-refractivity contribution in [1.29, 1.82) is 0 Å². The Kier molecular flexibility index (Phi) is 8.91. The number of hydrogen-bond acceptors (Lipinski definition) is 4. The zero-order valence-corrected chi connectivity index (χ0v) is 22.9. The molecule has 6 nitrogen and oxygen atoms in total. The smallest absolute Gasteiger partial charge is 0.348 e. The molecule has 3 aliphatic carbocycles. The molecule has 2 saturated carbocycles. The van der Waals surface area contributed by atoms with E-state index in [1.54, 1.807) is 0 Å². The quantitative estimate of drug-likeness (QED) is 0.437. The molecule has 2 fully saturated rings. The summed E-state index contributed by atoms with van der Waals surface area (Å²) in [5.41, 5.74) is 1.82. The van der Waals surface area contributed by atoms with Crippen molar-refractivity contribution in [1.82, 2.24) is 4.90 Å². The second-order valence-corrected chi connectivity index (χ2v) is 12.1. The minimum atomic E-state index is -0.949. The highest BCUT2D eigenvalue weighted by Crippen LogP contribution is 2.42. The van der Waals surface area contributed by atoms with Gasteiger partial charge in [0, 0.05) is 36.3 Å². The summed E-state index contributed by atoms with van der Waals surface area (Å²) in [4.78, 5) is 43.8. The monoisotopic (exact) mass is 514 g/mol. The van der Waals surface area contributed by atoms with Crippen LogP contribution in [0.4, 0.5) is 5.69 Å². The van der Waals surface area contributed by atoms with E-state index in [0.717, 1.165) is 75.5 Å². The van der Waals surface area contributed by atoms with E-state index in [9.17, 15) is 19.5 Å². The Morgan fingerprint density at radius 2 is 1.67 bits per heavy atom. The highest BCUT2D eigenvalue weighted by atomic mass is 32.1. The van der Waals surface area contributed by atoms with Crippen molar-refractivity contribution in [3.05, 3.63) is 21.9 Å². The van der Waals surface area contributed by atoms with Crippen LogP contribution in [0, 0.1) is 11.8 Å². The summed E-state index contributed by atoms with van der Waals surface area (Å²) in [6.07, 6.45) is 14.1. The molecule has 1 aromatic heterocycles. The third-order valence-corrected chi connectivity index (χ3v) is 9.84. The minimum absolute atomic E-state index is 0.0286. The van der Waals surface area contributed by atoms with Crippen LogP contribution < -0.4 is 4.90 Å². The third kappa shape index (κ3) is 5.87. The first kappa shape index (κ1) is 26.9. The first-order valence-electron chi connectivity index (χ1n) is 13.9. The van der Waals surface area contributed by atoms with E-state index in [1.807, 2.05) is 29.8 Å². The van der Waals surface area contributed by atoms with Crippen LogP contribution in [0.3, 0.4) is 0 Å². The SMILES string of the molecule is CCC(=O)N(C)C1CCC(N(c2cc(C3=CCCCC3)sc2C(=O)O)C(=O)[C@H]2CC[C@H](C)CC2)CC1. The molecule has 1 aromatic rings. The number of amides is 2. The largest absolute Gasteiger partial charge is 0.477 e. The van der Waals surface area contributed by atoms with Crippen LogP contribution in [-0.2, 0) is 9.59 Å². The molecule has 2 amide bonds. The Hall–Kier alpha value is -2.15. The Labute approximate surface area is 219 Å². The summed E-state index contributed by atoms with van der Waals surface area (Å²) in [6, 6.07) is 2.15. The molecule has 0 bridgehead atoms. The van der Waals surface area contributed by atoms with E-state index >= 15 is 0 Å². The molecule has 0 unspecified atom stereocenters. The standard InChI is InChI=1S/C29H42N2O4S/c1-4-26(32)30(3)22-14-16-23(17-15-22)31(28(33)21-12-10-19(2)11-13-21)24-18-25(36-27(24)29(34)35)20-8-6-5-7-9-20/h8,18-19,21-23H,4-7,9-17H2,1-3H3,(H,34,35)/t19-,21-,22?,23?. The van der Waals surface area contributed by atoms with Crippen molar-refractivity contribution in [2.75, 3.05) is 11.9 Å². The van der Waals surface area contributed by atoms with Crippen molar-refractivity contribution in [3.8, 4) is 0 Å². The van der Waals surface area contributed by atoms with Crippen molar-refractivity contribution < 1.29 is 19.5 Å². The van der Waals surface area contributed by atoms with E-state index in [4.69, 9.17) is 0 Å². The lowest BCUT2D eigenvalue weighted by atomic mass is 9.81. The number of nitrogens with zero attached hydrogens (tertiary/aromatic N) is 2. The summed E-state index contributed by atoms with van der Waals surface area (Å²) in [5.74, 6) is -0.0890. The molecule has 0 atom stereocenters. The second kappa shape index (κ2) is 11.9. The molecule has 3 aliphatic rings. The molecule has 36 heavy (non-hydrogen) atoms. The molecular weight excluding hydrogens is 472 g/mol. The maximum absolute atomic E-state index is 14.1. The Morgan fingerprint density at radius 3 is 2.25 bits per heavy atom. The van der Waals surface area contributed by atoms with Gasteiger partial charge in [0.1, 0.15) is 4.88 Å². The van der Waals surface area contributed by atoms with E-state index in [-0.39, 0.29) is 34.7 Å². The number of carboxylic acids is 1. The number of carboxylic acid groups (broad SMARTS) is 1. The van der Waals surface area contributed by atoms with Crippen molar-refractivity contribution in [3.63, 3.8) is 0 Å². The van der Waals surface area contributed by atoms with Crippen LogP contribution >= 0.6 is 11.3 Å². The van der Waals surface area contributed by atoms with Gasteiger partial charge in [-0.15, -0.1) is 11.3 Å². The summed E-state index contributed by atoms with van der Waals surface area (Å²) in [6.45, 7) is 4.14. The number of thiophene rings is 1. The average Bonchev–Trinajstić information content (AvgIpc) is 3.34. The van der Waals surface area contributed by atoms with E-state index in [0.29, 0.717) is 18.0 Å². The van der Waals surface area contributed by atoms with E-state index in [2.05, 4.69) is 13.0 Å². The first-order chi connectivity index (χ1) is 17.3. The van der Waals surface area contributed by atoms with E-state index in [1.165, 1.54) is 23.3 Å². The van der Waals surface area contributed by atoms with Crippen molar-refractivity contribution >= 4 is 40.4 Å². The second-order valence-electron chi connectivity index (χ2n) is 11.1. The number of allylic oxidation sites excluding steroid dienone is 2. The number of aromatic carboxylic acids is 1. The Balaban J connectivity index is 1.64. The molecule has 0 spiro atoms. The van der Waals surface area contributed by atoms with Gasteiger partial charge in [-0.1, -0.05) is 19.9 Å². The van der Waals surface area contributed by atoms with Crippen LogP contribution in [0.1, 0.15) is 112 Å². The zero-order valence-electron chi connectivity index (χ0n) is 22.1. The van der Waals surface area contributed by atoms with Crippen molar-refractivity contribution in [2.24, 2.45) is 11.8 Å². The van der Waals surface area contributed by atoms with Crippen LogP contribution in [0.25, 0.3) is 5.57 Å². The number of carbonyl (C=O) groups is 3. The van der Waals surface area contributed by atoms with Gasteiger partial charge >= 0.3 is 5.97 Å². The minimum Gasteiger partial charge on any atom is -0.477 e. The van der Waals surface area contributed by atoms with Gasteiger partial charge < -0.3 is 14.9 Å². The molecule has 4 rings (SSSR count). The van der Waals surface area contributed by atoms with Gasteiger partial charge in [0.25, 0.3) is 0 Å². The van der Waals surface area contributed by atoms with Crippen molar-refractivity contribution in [2.45, 2.75) is 109 Å². The maximum atomic E-state index is 14.1. The van der Waals surface area contributed by atoms with E-state index < -0.39 is 5.97 Å². The molecule has 7 heteroatoms. The summed E-state index contributed by atoms with van der Waals surface area (Å²) < 4.78 is 0. The van der Waals surface area contributed by atoms with Gasteiger partial charge in [0.15, 0.2) is 0 Å². The summed E-state index contributed by atoms with van der Waals surface area (Å²) in [7, 11) is 1.88. The van der Waals surface area contributed by atoms with Crippen LogP contribution in [0.15, 0.2) is 12.1 Å². The molecule has 1 N–H and O–H groups in total. The Bertz CT molecular complexity index is 983. The fourth-order valence-corrected chi connectivity index (χ4v) is 7.35. The lowest BCUT2D eigenvalue weighted by Gasteiger charge is -2.41. The lowest BCUT2D eigenvalue weighted by Crippen LogP contribution is -2.49. The van der Waals surface area contributed by atoms with Gasteiger partial charge in [-0.3, -0.25) is 9.59 Å². The average molecular weight is 515 g/mol. The molecule has 0 radical (unpaired) electrons. The highest BCUT2D eigenvalue weighted by molar-refractivity contribution is 7.15. The van der Waals surface area contributed by atoms with Gasteiger partial charge in [-0.25, -0.2) is 4.79 Å². The number of anilines is 1. The molecule has 0 saturated heterocycles. The fraction of sp³-hybridized carbons (Fsp3) is 0.690. The number of carbonyl (C=O) groups excluding carboxylic acids is 2. The predicted molar refractivity (Wildman–Crippen MR) is 145 cm³/mol. The molecule has 198 valence electrons. The zero-order chi connectivity index (χ0) is 25.8. The normalized spacial score (nSPS) is 26.7. The topological polar surface area (TPSA) is 77.9 Å². The molecule has 0 aliphatic heterocycles. The fourth-order valence-electron chi connectivity index (χ4n) is 6.29. The first-order valence-corrected chi connectivity index (χ1v) is 14.8. The maximum Gasteiger partial charge on any atom is 0.348 e. The highest BCUT2D eigenvalue weighted by Gasteiger charge is 2.38. The number of rotatable bonds is 7. The van der Waals surface area contributed by atoms with Gasteiger partial charge in [-0.2, -0.15) is 0 Å². The predicted octanol–water partition coefficient (Wildman–Crippen LogP) is 6.74. The lowest BCUT2D eigenvalue weighted by molar-refractivity contribution is -0.132. The third-order valence-electron chi connectivity index (χ3n) is 8.65. The van der Waals surface area contributed by atoms with Gasteiger partial charge in [-0.05, 0) is 94.6 Å². The summed E-state index contributed by atoms with van der Waals surface area (Å²) in [5, 5.41) is 10.2. The number of hydrogen-bond donors (Lipinski definition) is 1. The molecule has 1 heterocycles. The summed E-state index contributed by atoms with van der Waals surface area (Å²) >= 11 is 1.33. The van der Waals surface area contributed by atoms with Crippen LogP contribution in [-0.4, -0.2) is 46.9 Å². The van der Waals surface area contributed by atoms with Crippen LogP contribution in [0.2, 0.25) is 0 Å². The van der Waals surface area contributed by atoms with Gasteiger partial charge in [0.2, 0.25) is 11.8 Å².